The van der Waals surface area contributed by atoms with Crippen LogP contribution in [0, 0.1) is 12.7 Å². The van der Waals surface area contributed by atoms with Crippen LogP contribution in [-0.2, 0) is 10.0 Å². The molecule has 1 N–H and O–H groups in total. The third-order valence-corrected chi connectivity index (χ3v) is 6.00. The quantitative estimate of drug-likeness (QED) is 0.882. The smallest absolute Gasteiger partial charge is 0.243 e. The maximum Gasteiger partial charge on any atom is 0.243 e. The molecule has 1 aliphatic rings. The molecule has 7 heteroatoms. The van der Waals surface area contributed by atoms with Crippen LogP contribution < -0.4 is 0 Å². The molecule has 0 saturated carbocycles. The van der Waals surface area contributed by atoms with Crippen LogP contribution in [0.5, 0.6) is 0 Å². The van der Waals surface area contributed by atoms with Crippen LogP contribution in [0.3, 0.4) is 0 Å². The largest absolute Gasteiger partial charge is 0.395 e. The molecule has 1 heterocycles. The Morgan fingerprint density at radius 3 is 2.36 bits per heavy atom. The lowest BCUT2D eigenvalue weighted by atomic mass is 10.2. The number of aliphatic hydroxyl groups is 1. The normalized spacial score (nSPS) is 19.3. The summed E-state index contributed by atoms with van der Waals surface area (Å²) in [7, 11) is -3.67. The zero-order chi connectivity index (χ0) is 16.3. The van der Waals surface area contributed by atoms with Crippen molar-refractivity contribution < 1.29 is 17.9 Å². The summed E-state index contributed by atoms with van der Waals surface area (Å²) < 4.78 is 40.1. The second-order valence-electron chi connectivity index (χ2n) is 5.65. The molecule has 1 aliphatic heterocycles. The molecule has 1 saturated heterocycles. The Hall–Kier alpha value is -1.02. The highest BCUT2D eigenvalue weighted by atomic mass is 32.2. The fourth-order valence-corrected chi connectivity index (χ4v) is 4.35. The molecular formula is C15H23FN2O3S. The molecule has 1 aromatic rings. The van der Waals surface area contributed by atoms with Crippen LogP contribution in [0.25, 0.3) is 0 Å². The number of aryl methyl sites for hydroxylation is 1. The first-order valence-electron chi connectivity index (χ1n) is 7.50. The van der Waals surface area contributed by atoms with Gasteiger partial charge in [0.15, 0.2) is 0 Å². The molecule has 1 atom stereocenters. The van der Waals surface area contributed by atoms with Crippen molar-refractivity contribution in [3.8, 4) is 0 Å². The first-order valence-corrected chi connectivity index (χ1v) is 8.94. The van der Waals surface area contributed by atoms with Crippen LogP contribution in [0.15, 0.2) is 23.1 Å². The molecule has 124 valence electrons. The average molecular weight is 330 g/mol. The molecular weight excluding hydrogens is 307 g/mol. The topological polar surface area (TPSA) is 60.9 Å². The molecule has 0 aromatic heterocycles. The second-order valence-corrected chi connectivity index (χ2v) is 7.59. The molecule has 1 aromatic carbocycles. The van der Waals surface area contributed by atoms with Crippen molar-refractivity contribution >= 4 is 10.0 Å². The summed E-state index contributed by atoms with van der Waals surface area (Å²) in [6, 6.07) is 3.94. The fraction of sp³-hybridized carbons (Fsp3) is 0.600. The molecule has 0 spiro atoms. The summed E-state index contributed by atoms with van der Waals surface area (Å²) in [6.07, 6.45) is 0.826. The predicted octanol–water partition coefficient (Wildman–Crippen LogP) is 1.21. The lowest BCUT2D eigenvalue weighted by molar-refractivity contribution is 0.0881. The Morgan fingerprint density at radius 1 is 1.23 bits per heavy atom. The number of halogens is 1. The third kappa shape index (κ3) is 3.65. The van der Waals surface area contributed by atoms with Gasteiger partial charge in [-0.2, -0.15) is 4.31 Å². The van der Waals surface area contributed by atoms with E-state index in [9.17, 15) is 17.9 Å². The Morgan fingerprint density at radius 2 is 1.86 bits per heavy atom. The number of hydrogen-bond donors (Lipinski definition) is 1. The van der Waals surface area contributed by atoms with E-state index >= 15 is 0 Å². The monoisotopic (exact) mass is 330 g/mol. The highest BCUT2D eigenvalue weighted by Gasteiger charge is 2.30. The highest BCUT2D eigenvalue weighted by molar-refractivity contribution is 7.89. The van der Waals surface area contributed by atoms with Gasteiger partial charge in [0.2, 0.25) is 10.0 Å². The summed E-state index contributed by atoms with van der Waals surface area (Å²) in [4.78, 5) is 2.11. The summed E-state index contributed by atoms with van der Waals surface area (Å²) in [5, 5.41) is 9.33. The molecule has 0 amide bonds. The van der Waals surface area contributed by atoms with Crippen molar-refractivity contribution in [3.63, 3.8) is 0 Å². The molecule has 0 bridgehead atoms. The van der Waals surface area contributed by atoms with Gasteiger partial charge < -0.3 is 5.11 Å². The van der Waals surface area contributed by atoms with Gasteiger partial charge >= 0.3 is 0 Å². The van der Waals surface area contributed by atoms with Crippen LogP contribution in [0.1, 0.15) is 18.9 Å². The van der Waals surface area contributed by atoms with Crippen molar-refractivity contribution in [1.29, 1.82) is 0 Å². The van der Waals surface area contributed by atoms with E-state index in [1.165, 1.54) is 16.4 Å². The number of rotatable bonds is 5. The molecule has 0 aliphatic carbocycles. The predicted molar refractivity (Wildman–Crippen MR) is 82.6 cm³/mol. The summed E-state index contributed by atoms with van der Waals surface area (Å²) in [5.74, 6) is -0.538. The minimum Gasteiger partial charge on any atom is -0.395 e. The van der Waals surface area contributed by atoms with Crippen molar-refractivity contribution in [3.05, 3.63) is 29.6 Å². The van der Waals surface area contributed by atoms with Crippen molar-refractivity contribution in [1.82, 2.24) is 9.21 Å². The average Bonchev–Trinajstić information content (AvgIpc) is 2.48. The van der Waals surface area contributed by atoms with Crippen LogP contribution >= 0.6 is 0 Å². The van der Waals surface area contributed by atoms with E-state index in [1.807, 2.05) is 6.92 Å². The zero-order valence-corrected chi connectivity index (χ0v) is 13.8. The van der Waals surface area contributed by atoms with Crippen LogP contribution in [0.2, 0.25) is 0 Å². The number of piperazine rings is 1. The molecule has 5 nitrogen and oxygen atoms in total. The minimum atomic E-state index is -3.67. The number of hydrogen-bond acceptors (Lipinski definition) is 4. The fourth-order valence-electron chi connectivity index (χ4n) is 2.81. The number of nitrogens with zero attached hydrogens (tertiary/aromatic N) is 2. The van der Waals surface area contributed by atoms with Gasteiger partial charge in [-0.05, 0) is 37.1 Å². The van der Waals surface area contributed by atoms with Gasteiger partial charge in [0.05, 0.1) is 11.5 Å². The number of aliphatic hydroxyl groups excluding tert-OH is 1. The van der Waals surface area contributed by atoms with Gasteiger partial charge in [-0.25, -0.2) is 12.8 Å². The first-order chi connectivity index (χ1) is 10.4. The molecule has 22 heavy (non-hydrogen) atoms. The van der Waals surface area contributed by atoms with E-state index in [0.29, 0.717) is 31.7 Å². The van der Waals surface area contributed by atoms with Crippen molar-refractivity contribution in [2.45, 2.75) is 31.2 Å². The van der Waals surface area contributed by atoms with Gasteiger partial charge in [0.25, 0.3) is 0 Å². The Bertz CT molecular complexity index is 589. The summed E-state index contributed by atoms with van der Waals surface area (Å²) >= 11 is 0. The zero-order valence-electron chi connectivity index (χ0n) is 13.0. The van der Waals surface area contributed by atoms with Crippen LogP contribution in [-0.4, -0.2) is 61.6 Å². The van der Waals surface area contributed by atoms with E-state index < -0.39 is 15.8 Å². The number of sulfonamides is 1. The highest BCUT2D eigenvalue weighted by Crippen LogP contribution is 2.21. The molecule has 2 rings (SSSR count). The summed E-state index contributed by atoms with van der Waals surface area (Å²) in [6.45, 7) is 5.61. The maximum atomic E-state index is 13.5. The Labute approximate surface area is 131 Å². The van der Waals surface area contributed by atoms with E-state index in [0.717, 1.165) is 12.5 Å². The first kappa shape index (κ1) is 17.3. The SMILES string of the molecule is CC[C@H](CO)N1CCN(S(=O)(=O)c2cc(C)cc(F)c2)CC1. The maximum absolute atomic E-state index is 13.5. The van der Waals surface area contributed by atoms with Gasteiger partial charge in [-0.1, -0.05) is 6.92 Å². The van der Waals surface area contributed by atoms with Gasteiger partial charge in [0, 0.05) is 32.2 Å². The lowest BCUT2D eigenvalue weighted by Crippen LogP contribution is -2.52. The van der Waals surface area contributed by atoms with Gasteiger partial charge in [0.1, 0.15) is 5.82 Å². The third-order valence-electron chi connectivity index (χ3n) is 4.13. The van der Waals surface area contributed by atoms with Gasteiger partial charge in [-0.3, -0.25) is 4.90 Å². The van der Waals surface area contributed by atoms with E-state index in [2.05, 4.69) is 4.90 Å². The minimum absolute atomic E-state index is 0.00708. The number of benzene rings is 1. The van der Waals surface area contributed by atoms with E-state index in [1.54, 1.807) is 6.92 Å². The Balaban J connectivity index is 2.12. The molecule has 0 radical (unpaired) electrons. The van der Waals surface area contributed by atoms with Crippen LogP contribution in [0.4, 0.5) is 4.39 Å². The Kier molecular flexibility index (Phi) is 5.55. The molecule has 0 unspecified atom stereocenters. The van der Waals surface area contributed by atoms with Crippen molar-refractivity contribution in [2.75, 3.05) is 32.8 Å². The van der Waals surface area contributed by atoms with E-state index in [4.69, 9.17) is 0 Å². The van der Waals surface area contributed by atoms with Crippen molar-refractivity contribution in [2.24, 2.45) is 0 Å². The summed E-state index contributed by atoms with van der Waals surface area (Å²) in [5.41, 5.74) is 0.587. The second kappa shape index (κ2) is 7.04. The van der Waals surface area contributed by atoms with E-state index in [-0.39, 0.29) is 17.5 Å². The van der Waals surface area contributed by atoms with Gasteiger partial charge in [-0.15, -0.1) is 0 Å². The lowest BCUT2D eigenvalue weighted by Gasteiger charge is -2.37. The molecule has 1 fully saturated rings. The standard InChI is InChI=1S/C15H23FN2O3S/c1-3-14(11-19)17-4-6-18(7-5-17)22(20,21)15-9-12(2)8-13(16)10-15/h8-10,14,19H,3-7,11H2,1-2H3/t14-/m1/s1.